The molecule has 1 rings (SSSR count). The van der Waals surface area contributed by atoms with Crippen LogP contribution < -0.4 is 0 Å². The second-order valence-corrected chi connectivity index (χ2v) is 5.10. The van der Waals surface area contributed by atoms with Gasteiger partial charge >= 0.3 is 0 Å². The van der Waals surface area contributed by atoms with Gasteiger partial charge < -0.3 is 0 Å². The Kier molecular flexibility index (Phi) is 7.55. The molecule has 1 unspecified atom stereocenters. The Labute approximate surface area is 120 Å². The SMILES string of the molecule is CCCCC(C(=O)CCCCc1ccccc1)[N+](=O)[O-]. The molecule has 0 aliphatic rings. The van der Waals surface area contributed by atoms with E-state index in [9.17, 15) is 14.9 Å². The zero-order valence-electron chi connectivity index (χ0n) is 12.1. The summed E-state index contributed by atoms with van der Waals surface area (Å²) in [6.07, 6.45) is 4.86. The maximum absolute atomic E-state index is 11.9. The van der Waals surface area contributed by atoms with Crippen molar-refractivity contribution in [3.63, 3.8) is 0 Å². The molecule has 1 aromatic rings. The van der Waals surface area contributed by atoms with Gasteiger partial charge in [0.1, 0.15) is 0 Å². The molecule has 4 heteroatoms. The third kappa shape index (κ3) is 5.95. The molecule has 0 aliphatic carbocycles. The molecule has 110 valence electrons. The average Bonchev–Trinajstić information content (AvgIpc) is 2.45. The third-order valence-electron chi connectivity index (χ3n) is 3.44. The van der Waals surface area contributed by atoms with Crippen LogP contribution in [0.25, 0.3) is 0 Å². The van der Waals surface area contributed by atoms with Crippen LogP contribution in [0.4, 0.5) is 0 Å². The number of unbranched alkanes of at least 4 members (excludes halogenated alkanes) is 2. The van der Waals surface area contributed by atoms with E-state index >= 15 is 0 Å². The van der Waals surface area contributed by atoms with Gasteiger partial charge in [-0.05, 0) is 31.2 Å². The highest BCUT2D eigenvalue weighted by molar-refractivity contribution is 5.82. The highest BCUT2D eigenvalue weighted by atomic mass is 16.6. The zero-order chi connectivity index (χ0) is 14.8. The standard InChI is InChI=1S/C16H23NO3/c1-2-3-12-15(17(19)20)16(18)13-8-7-11-14-9-5-4-6-10-14/h4-6,9-10,15H,2-3,7-8,11-13H2,1H3. The molecule has 0 saturated heterocycles. The molecule has 1 atom stereocenters. The Balaban J connectivity index is 2.28. The number of Topliss-reactive ketones (excluding diaryl/α,β-unsaturated/α-hetero) is 1. The predicted octanol–water partition coefficient (Wildman–Crippen LogP) is 3.80. The molecule has 20 heavy (non-hydrogen) atoms. The Morgan fingerprint density at radius 1 is 1.20 bits per heavy atom. The fourth-order valence-electron chi connectivity index (χ4n) is 2.22. The first-order chi connectivity index (χ1) is 9.65. The summed E-state index contributed by atoms with van der Waals surface area (Å²) in [5.41, 5.74) is 1.25. The molecule has 0 heterocycles. The molecule has 0 amide bonds. The van der Waals surface area contributed by atoms with Gasteiger partial charge in [0.05, 0.1) is 0 Å². The lowest BCUT2D eigenvalue weighted by Gasteiger charge is -2.07. The van der Waals surface area contributed by atoms with Crippen LogP contribution in [0.15, 0.2) is 30.3 Å². The van der Waals surface area contributed by atoms with Gasteiger partial charge in [0, 0.05) is 17.8 Å². The van der Waals surface area contributed by atoms with Gasteiger partial charge in [0.2, 0.25) is 5.78 Å². The van der Waals surface area contributed by atoms with Crippen LogP contribution in [0.5, 0.6) is 0 Å². The molecule has 0 fully saturated rings. The minimum atomic E-state index is -0.994. The Bertz CT molecular complexity index is 417. The predicted molar refractivity (Wildman–Crippen MR) is 79.3 cm³/mol. The van der Waals surface area contributed by atoms with Crippen LogP contribution in [0, 0.1) is 10.1 Å². The van der Waals surface area contributed by atoms with Gasteiger partial charge in [0.25, 0.3) is 6.04 Å². The molecule has 1 aromatic carbocycles. The van der Waals surface area contributed by atoms with E-state index in [4.69, 9.17) is 0 Å². The number of hydrogen-bond donors (Lipinski definition) is 0. The van der Waals surface area contributed by atoms with Gasteiger partial charge in [-0.25, -0.2) is 0 Å². The van der Waals surface area contributed by atoms with Crippen LogP contribution in [-0.2, 0) is 11.2 Å². The summed E-state index contributed by atoms with van der Waals surface area (Å²) >= 11 is 0. The van der Waals surface area contributed by atoms with Crippen molar-refractivity contribution in [2.24, 2.45) is 0 Å². The fraction of sp³-hybridized carbons (Fsp3) is 0.562. The summed E-state index contributed by atoms with van der Waals surface area (Å²) in [7, 11) is 0. The molecule has 0 saturated carbocycles. The fourth-order valence-corrected chi connectivity index (χ4v) is 2.22. The minimum absolute atomic E-state index is 0.212. The smallest absolute Gasteiger partial charge is 0.270 e. The molecular weight excluding hydrogens is 254 g/mol. The molecule has 0 aromatic heterocycles. The first kappa shape index (κ1) is 16.3. The lowest BCUT2D eigenvalue weighted by molar-refractivity contribution is -0.508. The number of ketones is 1. The molecule has 0 spiro atoms. The minimum Gasteiger partial charge on any atom is -0.292 e. The quantitative estimate of drug-likeness (QED) is 0.371. The highest BCUT2D eigenvalue weighted by Crippen LogP contribution is 2.11. The van der Waals surface area contributed by atoms with E-state index < -0.39 is 11.0 Å². The number of benzene rings is 1. The van der Waals surface area contributed by atoms with Crippen molar-refractivity contribution in [3.05, 3.63) is 46.0 Å². The van der Waals surface area contributed by atoms with Crippen molar-refractivity contribution >= 4 is 5.78 Å². The number of carbonyl (C=O) groups excluding carboxylic acids is 1. The van der Waals surface area contributed by atoms with E-state index in [-0.39, 0.29) is 5.78 Å². The average molecular weight is 277 g/mol. The maximum atomic E-state index is 11.9. The molecule has 4 nitrogen and oxygen atoms in total. The highest BCUT2D eigenvalue weighted by Gasteiger charge is 2.27. The number of carbonyl (C=O) groups is 1. The van der Waals surface area contributed by atoms with E-state index in [2.05, 4.69) is 12.1 Å². The van der Waals surface area contributed by atoms with Crippen LogP contribution in [0.3, 0.4) is 0 Å². The van der Waals surface area contributed by atoms with Crippen molar-refractivity contribution in [2.45, 2.75) is 57.9 Å². The Morgan fingerprint density at radius 2 is 1.90 bits per heavy atom. The first-order valence-electron chi connectivity index (χ1n) is 7.35. The van der Waals surface area contributed by atoms with E-state index in [1.54, 1.807) is 0 Å². The summed E-state index contributed by atoms with van der Waals surface area (Å²) in [4.78, 5) is 22.3. The Morgan fingerprint density at radius 3 is 2.50 bits per heavy atom. The zero-order valence-corrected chi connectivity index (χ0v) is 12.1. The van der Waals surface area contributed by atoms with E-state index in [0.717, 1.165) is 32.1 Å². The summed E-state index contributed by atoms with van der Waals surface area (Å²) in [6, 6.07) is 9.09. The van der Waals surface area contributed by atoms with Crippen molar-refractivity contribution in [2.75, 3.05) is 0 Å². The van der Waals surface area contributed by atoms with Crippen LogP contribution in [-0.4, -0.2) is 16.7 Å². The molecule has 0 bridgehead atoms. The third-order valence-corrected chi connectivity index (χ3v) is 3.44. The van der Waals surface area contributed by atoms with Crippen molar-refractivity contribution in [1.29, 1.82) is 0 Å². The van der Waals surface area contributed by atoms with E-state index in [0.29, 0.717) is 12.8 Å². The number of hydrogen-bond acceptors (Lipinski definition) is 3. The first-order valence-corrected chi connectivity index (χ1v) is 7.35. The summed E-state index contributed by atoms with van der Waals surface area (Å²) in [6.45, 7) is 1.97. The van der Waals surface area contributed by atoms with Crippen LogP contribution in [0.1, 0.15) is 51.0 Å². The topological polar surface area (TPSA) is 60.2 Å². The van der Waals surface area contributed by atoms with Crippen molar-refractivity contribution in [1.82, 2.24) is 0 Å². The van der Waals surface area contributed by atoms with E-state index in [1.807, 2.05) is 25.1 Å². The van der Waals surface area contributed by atoms with Crippen molar-refractivity contribution < 1.29 is 9.72 Å². The molecule has 0 N–H and O–H groups in total. The van der Waals surface area contributed by atoms with Crippen LogP contribution in [0.2, 0.25) is 0 Å². The second kappa shape index (κ2) is 9.23. The summed E-state index contributed by atoms with van der Waals surface area (Å²) < 4.78 is 0. The summed E-state index contributed by atoms with van der Waals surface area (Å²) in [5, 5.41) is 10.9. The lowest BCUT2D eigenvalue weighted by Crippen LogP contribution is -2.29. The van der Waals surface area contributed by atoms with Gasteiger partial charge in [-0.3, -0.25) is 14.9 Å². The molecule has 0 radical (unpaired) electrons. The van der Waals surface area contributed by atoms with E-state index in [1.165, 1.54) is 5.56 Å². The normalized spacial score (nSPS) is 12.1. The van der Waals surface area contributed by atoms with Gasteiger partial charge in [-0.15, -0.1) is 0 Å². The summed E-state index contributed by atoms with van der Waals surface area (Å²) in [5.74, 6) is -0.212. The number of rotatable bonds is 10. The van der Waals surface area contributed by atoms with Gasteiger partial charge in [-0.1, -0.05) is 43.7 Å². The Hall–Kier alpha value is -1.71. The largest absolute Gasteiger partial charge is 0.292 e. The number of aryl methyl sites for hydroxylation is 1. The second-order valence-electron chi connectivity index (χ2n) is 5.10. The monoisotopic (exact) mass is 277 g/mol. The lowest BCUT2D eigenvalue weighted by atomic mass is 10.00. The maximum Gasteiger partial charge on any atom is 0.270 e. The molecule has 0 aliphatic heterocycles. The van der Waals surface area contributed by atoms with Gasteiger partial charge in [-0.2, -0.15) is 0 Å². The molecular formula is C16H23NO3. The van der Waals surface area contributed by atoms with Crippen LogP contribution >= 0.6 is 0 Å². The number of nitrogens with zero attached hydrogens (tertiary/aromatic N) is 1. The number of nitro groups is 1. The van der Waals surface area contributed by atoms with Gasteiger partial charge in [0.15, 0.2) is 0 Å². The van der Waals surface area contributed by atoms with Crippen molar-refractivity contribution in [3.8, 4) is 0 Å².